The fourth-order valence-electron chi connectivity index (χ4n) is 2.95. The number of carbonyl (C=O) groups is 1. The summed E-state index contributed by atoms with van der Waals surface area (Å²) in [6.07, 6.45) is 1.36. The van der Waals surface area contributed by atoms with Gasteiger partial charge in [0.2, 0.25) is 0 Å². The number of carbonyl (C=O) groups excluding carboxylic acids is 1. The number of fused-ring (bicyclic) bond motifs is 1. The summed E-state index contributed by atoms with van der Waals surface area (Å²) in [6, 6.07) is 18.7. The predicted octanol–water partition coefficient (Wildman–Crippen LogP) is 2.79. The van der Waals surface area contributed by atoms with Crippen molar-refractivity contribution < 1.29 is 19.1 Å². The minimum absolute atomic E-state index is 0.0893. The summed E-state index contributed by atoms with van der Waals surface area (Å²) in [4.78, 5) is 22.6. The predicted molar refractivity (Wildman–Crippen MR) is 111 cm³/mol. The normalized spacial score (nSPS) is 10.7. The summed E-state index contributed by atoms with van der Waals surface area (Å²) < 4.78 is 11.0. The zero-order chi connectivity index (χ0) is 21.5. The number of ether oxygens (including phenoxy) is 2. The van der Waals surface area contributed by atoms with Gasteiger partial charge in [-0.2, -0.15) is 0 Å². The van der Waals surface area contributed by atoms with Crippen molar-refractivity contribution >= 4 is 16.9 Å². The lowest BCUT2D eigenvalue weighted by molar-refractivity contribution is -0.131. The van der Waals surface area contributed by atoms with Crippen LogP contribution >= 0.6 is 0 Å². The van der Waals surface area contributed by atoms with E-state index < -0.39 is 5.97 Å². The van der Waals surface area contributed by atoms with Crippen LogP contribution in [-0.2, 0) is 17.8 Å². The Kier molecular flexibility index (Phi) is 6.32. The molecule has 0 N–H and O–H groups in total. The molecule has 0 fully saturated rings. The van der Waals surface area contributed by atoms with Gasteiger partial charge in [0.25, 0.3) is 0 Å². The number of hydrogen-bond donors (Lipinski definition) is 0. The Bertz CT molecular complexity index is 1160. The van der Waals surface area contributed by atoms with Gasteiger partial charge in [-0.3, -0.25) is 4.79 Å². The molecule has 2 aromatic heterocycles. The van der Waals surface area contributed by atoms with E-state index in [1.165, 1.54) is 6.92 Å². The van der Waals surface area contributed by atoms with E-state index in [0.29, 0.717) is 35.8 Å². The second-order valence-electron chi connectivity index (χ2n) is 6.72. The van der Waals surface area contributed by atoms with Crippen molar-refractivity contribution in [3.05, 3.63) is 72.2 Å². The third kappa shape index (κ3) is 5.53. The molecule has 0 aliphatic carbocycles. The van der Waals surface area contributed by atoms with Gasteiger partial charge in [0.1, 0.15) is 11.5 Å². The van der Waals surface area contributed by atoms with Crippen LogP contribution in [0.25, 0.3) is 10.9 Å². The number of pyridine rings is 1. The molecule has 0 aliphatic rings. The van der Waals surface area contributed by atoms with Gasteiger partial charge in [-0.05, 0) is 35.9 Å². The molecule has 0 saturated carbocycles. The molecule has 0 saturated heterocycles. The molecular weight excluding hydrogens is 398 g/mol. The van der Waals surface area contributed by atoms with Crippen LogP contribution in [0, 0.1) is 0 Å². The quantitative estimate of drug-likeness (QED) is 0.302. The zero-order valence-electron chi connectivity index (χ0n) is 17.0. The summed E-state index contributed by atoms with van der Waals surface area (Å²) in [7, 11) is 0. The van der Waals surface area contributed by atoms with E-state index in [4.69, 9.17) is 14.3 Å². The summed E-state index contributed by atoms with van der Waals surface area (Å²) in [5, 5.41) is 12.8. The minimum Gasteiger partial charge on any atom is -0.494 e. The Morgan fingerprint density at radius 3 is 2.71 bits per heavy atom. The van der Waals surface area contributed by atoms with Gasteiger partial charge in [0, 0.05) is 29.8 Å². The number of benzene rings is 2. The van der Waals surface area contributed by atoms with E-state index in [2.05, 4.69) is 20.4 Å². The highest BCUT2D eigenvalue weighted by Crippen LogP contribution is 2.25. The van der Waals surface area contributed by atoms with Crippen LogP contribution in [0.3, 0.4) is 0 Å². The highest BCUT2D eigenvalue weighted by atomic mass is 16.7. The molecule has 0 aliphatic heterocycles. The maximum absolute atomic E-state index is 11.4. The van der Waals surface area contributed by atoms with Crippen LogP contribution in [0.5, 0.6) is 11.5 Å². The van der Waals surface area contributed by atoms with Gasteiger partial charge in [0.15, 0.2) is 12.4 Å². The molecule has 0 bridgehead atoms. The molecule has 9 heteroatoms. The second-order valence-corrected chi connectivity index (χ2v) is 6.72. The highest BCUT2D eigenvalue weighted by molar-refractivity contribution is 5.87. The van der Waals surface area contributed by atoms with Crippen molar-refractivity contribution in [2.75, 3.05) is 6.61 Å². The lowest BCUT2D eigenvalue weighted by atomic mass is 10.2. The molecule has 2 aromatic carbocycles. The Morgan fingerprint density at radius 2 is 1.87 bits per heavy atom. The van der Waals surface area contributed by atoms with Crippen molar-refractivity contribution in [1.29, 1.82) is 0 Å². The number of para-hydroxylation sites is 2. The highest BCUT2D eigenvalue weighted by Gasteiger charge is 2.10. The monoisotopic (exact) mass is 419 g/mol. The molecule has 4 rings (SSSR count). The van der Waals surface area contributed by atoms with Gasteiger partial charge < -0.3 is 14.3 Å². The van der Waals surface area contributed by atoms with Crippen LogP contribution in [0.2, 0.25) is 0 Å². The number of aromatic nitrogens is 5. The van der Waals surface area contributed by atoms with Crippen LogP contribution in [0.1, 0.15) is 24.9 Å². The van der Waals surface area contributed by atoms with E-state index in [-0.39, 0.29) is 6.61 Å². The van der Waals surface area contributed by atoms with Crippen LogP contribution in [0.4, 0.5) is 0 Å². The first-order chi connectivity index (χ1) is 15.2. The number of rotatable bonds is 9. The zero-order valence-corrected chi connectivity index (χ0v) is 17.0. The van der Waals surface area contributed by atoms with Crippen LogP contribution in [-0.4, -0.2) is 37.9 Å². The van der Waals surface area contributed by atoms with Gasteiger partial charge >= 0.3 is 5.97 Å². The molecule has 0 atom stereocenters. The lowest BCUT2D eigenvalue weighted by Crippen LogP contribution is -2.16. The first-order valence-corrected chi connectivity index (χ1v) is 9.84. The van der Waals surface area contributed by atoms with Gasteiger partial charge in [-0.25, -0.2) is 4.98 Å². The number of aryl methyl sites for hydroxylation is 1. The second kappa shape index (κ2) is 9.66. The first-order valence-electron chi connectivity index (χ1n) is 9.84. The molecule has 0 amide bonds. The summed E-state index contributed by atoms with van der Waals surface area (Å²) in [5.74, 6) is 1.42. The van der Waals surface area contributed by atoms with Crippen molar-refractivity contribution in [2.24, 2.45) is 0 Å². The maximum atomic E-state index is 11.4. The summed E-state index contributed by atoms with van der Waals surface area (Å²) in [6.45, 7) is 2.00. The third-order valence-corrected chi connectivity index (χ3v) is 4.31. The molecule has 2 heterocycles. The van der Waals surface area contributed by atoms with E-state index in [9.17, 15) is 4.79 Å². The van der Waals surface area contributed by atoms with Crippen molar-refractivity contribution in [1.82, 2.24) is 25.4 Å². The molecule has 31 heavy (non-hydrogen) atoms. The minimum atomic E-state index is -0.401. The van der Waals surface area contributed by atoms with Gasteiger partial charge in [0.05, 0.1) is 17.8 Å². The Hall–Kier alpha value is -4.01. The fourth-order valence-corrected chi connectivity index (χ4v) is 2.95. The summed E-state index contributed by atoms with van der Waals surface area (Å²) in [5.41, 5.74) is 1.27. The van der Waals surface area contributed by atoms with Crippen LogP contribution in [0.15, 0.2) is 60.7 Å². The first kappa shape index (κ1) is 20.3. The molecule has 0 radical (unpaired) electrons. The molecule has 9 nitrogen and oxygen atoms in total. The van der Waals surface area contributed by atoms with Crippen LogP contribution < -0.4 is 14.3 Å². The van der Waals surface area contributed by atoms with Crippen molar-refractivity contribution in [3.63, 3.8) is 0 Å². The van der Waals surface area contributed by atoms with E-state index in [1.54, 1.807) is 6.07 Å². The molecule has 158 valence electrons. The maximum Gasteiger partial charge on any atom is 0.308 e. The molecule has 4 aromatic rings. The standard InChI is InChI=1S/C22H21N5O4/c1-16(28)31-21-14-17(23-20-11-6-5-10-19(20)21)15-30-27-25-22(24-26-27)12-7-13-29-18-8-3-2-4-9-18/h2-6,8-11,14H,7,12-13,15H2,1H3. The fraction of sp³-hybridized carbons (Fsp3) is 0.227. The van der Waals surface area contributed by atoms with E-state index in [1.807, 2.05) is 54.6 Å². The molecule has 0 unspecified atom stereocenters. The average Bonchev–Trinajstić information content (AvgIpc) is 3.23. The Balaban J connectivity index is 1.33. The third-order valence-electron chi connectivity index (χ3n) is 4.31. The molecule has 0 spiro atoms. The number of hydrogen-bond acceptors (Lipinski definition) is 8. The summed E-state index contributed by atoms with van der Waals surface area (Å²) >= 11 is 0. The number of tetrazole rings is 1. The number of esters is 1. The Morgan fingerprint density at radius 1 is 1.06 bits per heavy atom. The largest absolute Gasteiger partial charge is 0.494 e. The number of nitrogens with zero attached hydrogens (tertiary/aromatic N) is 5. The van der Waals surface area contributed by atoms with Crippen molar-refractivity contribution in [2.45, 2.75) is 26.4 Å². The van der Waals surface area contributed by atoms with E-state index >= 15 is 0 Å². The Labute approximate surface area is 178 Å². The van der Waals surface area contributed by atoms with Crippen molar-refractivity contribution in [3.8, 4) is 11.5 Å². The smallest absolute Gasteiger partial charge is 0.308 e. The molecular formula is C22H21N5O4. The van der Waals surface area contributed by atoms with Gasteiger partial charge in [-0.1, -0.05) is 35.4 Å². The SMILES string of the molecule is CC(=O)Oc1cc(COn2nnc(CCCOc3ccccc3)n2)nc2ccccc12. The van der Waals surface area contributed by atoms with E-state index in [0.717, 1.165) is 22.5 Å². The lowest BCUT2D eigenvalue weighted by Gasteiger charge is -2.09. The van der Waals surface area contributed by atoms with Gasteiger partial charge in [-0.15, -0.1) is 5.10 Å². The topological polar surface area (TPSA) is 101 Å². The average molecular weight is 419 g/mol.